The SMILES string of the molecule is CC1=C(C(=O)OCC2CCCCC2)[C@@H](c2ccccc2C)CC(=O)N1. The molecule has 25 heavy (non-hydrogen) atoms. The van der Waals surface area contributed by atoms with Crippen LogP contribution in [-0.4, -0.2) is 18.5 Å². The van der Waals surface area contributed by atoms with Crippen molar-refractivity contribution in [1.29, 1.82) is 0 Å². The number of carbonyl (C=O) groups excluding carboxylic acids is 2. The lowest BCUT2D eigenvalue weighted by molar-refractivity contribution is -0.141. The van der Waals surface area contributed by atoms with Gasteiger partial charge >= 0.3 is 5.97 Å². The van der Waals surface area contributed by atoms with Gasteiger partial charge in [-0.25, -0.2) is 4.79 Å². The molecule has 1 aliphatic heterocycles. The molecule has 0 spiro atoms. The van der Waals surface area contributed by atoms with E-state index >= 15 is 0 Å². The first-order valence-corrected chi connectivity index (χ1v) is 9.29. The highest BCUT2D eigenvalue weighted by atomic mass is 16.5. The first-order chi connectivity index (χ1) is 12.1. The van der Waals surface area contributed by atoms with Gasteiger partial charge in [-0.2, -0.15) is 0 Å². The quantitative estimate of drug-likeness (QED) is 0.842. The van der Waals surface area contributed by atoms with E-state index in [2.05, 4.69) is 5.32 Å². The van der Waals surface area contributed by atoms with Gasteiger partial charge in [-0.1, -0.05) is 43.5 Å². The molecule has 1 heterocycles. The van der Waals surface area contributed by atoms with E-state index in [1.807, 2.05) is 31.2 Å². The zero-order chi connectivity index (χ0) is 17.8. The number of amides is 1. The maximum atomic E-state index is 12.8. The van der Waals surface area contributed by atoms with E-state index in [-0.39, 0.29) is 24.2 Å². The first kappa shape index (κ1) is 17.7. The van der Waals surface area contributed by atoms with E-state index in [0.29, 0.717) is 23.8 Å². The Morgan fingerprint density at radius 2 is 1.88 bits per heavy atom. The predicted molar refractivity (Wildman–Crippen MR) is 96.9 cm³/mol. The van der Waals surface area contributed by atoms with Gasteiger partial charge in [-0.15, -0.1) is 0 Å². The number of hydrogen-bond donors (Lipinski definition) is 1. The highest BCUT2D eigenvalue weighted by molar-refractivity contribution is 5.95. The Morgan fingerprint density at radius 3 is 2.60 bits per heavy atom. The molecule has 4 heteroatoms. The Morgan fingerprint density at radius 1 is 1.16 bits per heavy atom. The summed E-state index contributed by atoms with van der Waals surface area (Å²) < 4.78 is 5.67. The minimum atomic E-state index is -0.281. The molecule has 0 aromatic heterocycles. The third kappa shape index (κ3) is 4.12. The molecular formula is C21H27NO3. The van der Waals surface area contributed by atoms with Gasteiger partial charge in [0.2, 0.25) is 5.91 Å². The fraction of sp³-hybridized carbons (Fsp3) is 0.524. The molecule has 1 N–H and O–H groups in total. The number of aryl methyl sites for hydroxylation is 1. The number of rotatable bonds is 4. The van der Waals surface area contributed by atoms with Crippen LogP contribution in [-0.2, 0) is 14.3 Å². The molecule has 1 atom stereocenters. The number of carbonyl (C=O) groups is 2. The average molecular weight is 341 g/mol. The van der Waals surface area contributed by atoms with Crippen LogP contribution in [0.25, 0.3) is 0 Å². The molecule has 0 unspecified atom stereocenters. The van der Waals surface area contributed by atoms with Crippen LogP contribution in [0.3, 0.4) is 0 Å². The van der Waals surface area contributed by atoms with Crippen molar-refractivity contribution in [3.63, 3.8) is 0 Å². The van der Waals surface area contributed by atoms with Crippen LogP contribution < -0.4 is 5.32 Å². The van der Waals surface area contributed by atoms with Gasteiger partial charge < -0.3 is 10.1 Å². The molecule has 1 aliphatic carbocycles. The zero-order valence-electron chi connectivity index (χ0n) is 15.1. The second kappa shape index (κ2) is 7.85. The van der Waals surface area contributed by atoms with Crippen molar-refractivity contribution in [3.8, 4) is 0 Å². The highest BCUT2D eigenvalue weighted by Crippen LogP contribution is 2.35. The minimum Gasteiger partial charge on any atom is -0.462 e. The summed E-state index contributed by atoms with van der Waals surface area (Å²) in [5.41, 5.74) is 3.34. The molecule has 1 aromatic carbocycles. The van der Waals surface area contributed by atoms with Crippen LogP contribution in [0.5, 0.6) is 0 Å². The summed E-state index contributed by atoms with van der Waals surface area (Å²) in [6.07, 6.45) is 6.32. The van der Waals surface area contributed by atoms with Gasteiger partial charge in [0.1, 0.15) is 0 Å². The van der Waals surface area contributed by atoms with E-state index in [9.17, 15) is 9.59 Å². The third-order valence-electron chi connectivity index (χ3n) is 5.43. The summed E-state index contributed by atoms with van der Waals surface area (Å²) in [5, 5.41) is 2.81. The maximum absolute atomic E-state index is 12.8. The molecular weight excluding hydrogens is 314 g/mol. The van der Waals surface area contributed by atoms with Crippen LogP contribution in [0.1, 0.15) is 62.5 Å². The van der Waals surface area contributed by atoms with Crippen molar-refractivity contribution in [3.05, 3.63) is 46.7 Å². The average Bonchev–Trinajstić information content (AvgIpc) is 2.60. The largest absolute Gasteiger partial charge is 0.462 e. The number of allylic oxidation sites excluding steroid dienone is 1. The van der Waals surface area contributed by atoms with Crippen LogP contribution >= 0.6 is 0 Å². The van der Waals surface area contributed by atoms with Crippen molar-refractivity contribution in [2.24, 2.45) is 5.92 Å². The maximum Gasteiger partial charge on any atom is 0.336 e. The first-order valence-electron chi connectivity index (χ1n) is 9.29. The van der Waals surface area contributed by atoms with E-state index in [4.69, 9.17) is 4.74 Å². The lowest BCUT2D eigenvalue weighted by atomic mass is 9.82. The normalized spacial score (nSPS) is 21.8. The summed E-state index contributed by atoms with van der Waals surface area (Å²) in [4.78, 5) is 24.9. The Bertz CT molecular complexity index is 686. The number of hydrogen-bond acceptors (Lipinski definition) is 3. The van der Waals surface area contributed by atoms with Crippen molar-refractivity contribution in [2.45, 2.75) is 58.3 Å². The number of benzene rings is 1. The van der Waals surface area contributed by atoms with E-state index in [1.165, 1.54) is 19.3 Å². The fourth-order valence-electron chi connectivity index (χ4n) is 4.04. The molecule has 0 bridgehead atoms. The molecule has 1 saturated carbocycles. The molecule has 1 fully saturated rings. The molecule has 134 valence electrons. The number of nitrogens with one attached hydrogen (secondary N) is 1. The number of ether oxygens (including phenoxy) is 1. The molecule has 3 rings (SSSR count). The van der Waals surface area contributed by atoms with Gasteiger partial charge in [0.05, 0.1) is 12.2 Å². The van der Waals surface area contributed by atoms with Crippen molar-refractivity contribution in [2.75, 3.05) is 6.61 Å². The Balaban J connectivity index is 1.79. The predicted octanol–water partition coefficient (Wildman–Crippen LogP) is 4.00. The second-order valence-electron chi connectivity index (χ2n) is 7.30. The lowest BCUT2D eigenvalue weighted by Gasteiger charge is -2.28. The Hall–Kier alpha value is -2.10. The van der Waals surface area contributed by atoms with E-state index in [1.54, 1.807) is 6.92 Å². The zero-order valence-corrected chi connectivity index (χ0v) is 15.1. The van der Waals surface area contributed by atoms with Crippen LogP contribution in [0.2, 0.25) is 0 Å². The van der Waals surface area contributed by atoms with Gasteiger partial charge in [0.25, 0.3) is 0 Å². The van der Waals surface area contributed by atoms with Crippen molar-refractivity contribution < 1.29 is 14.3 Å². The molecule has 2 aliphatic rings. The van der Waals surface area contributed by atoms with Crippen molar-refractivity contribution >= 4 is 11.9 Å². The van der Waals surface area contributed by atoms with Crippen LogP contribution in [0, 0.1) is 12.8 Å². The van der Waals surface area contributed by atoms with E-state index in [0.717, 1.165) is 24.0 Å². The summed E-state index contributed by atoms with van der Waals surface area (Å²) in [7, 11) is 0. The second-order valence-corrected chi connectivity index (χ2v) is 7.30. The summed E-state index contributed by atoms with van der Waals surface area (Å²) >= 11 is 0. The number of esters is 1. The summed E-state index contributed by atoms with van der Waals surface area (Å²) in [5.74, 6) is -0.0755. The lowest BCUT2D eigenvalue weighted by Crippen LogP contribution is -2.34. The van der Waals surface area contributed by atoms with Gasteiger partial charge in [0, 0.05) is 18.0 Å². The third-order valence-corrected chi connectivity index (χ3v) is 5.43. The summed E-state index contributed by atoms with van der Waals surface area (Å²) in [6.45, 7) is 4.30. The summed E-state index contributed by atoms with van der Waals surface area (Å²) in [6, 6.07) is 7.94. The van der Waals surface area contributed by atoms with Gasteiger partial charge in [-0.05, 0) is 43.7 Å². The minimum absolute atomic E-state index is 0.0467. The van der Waals surface area contributed by atoms with E-state index < -0.39 is 0 Å². The topological polar surface area (TPSA) is 55.4 Å². The monoisotopic (exact) mass is 341 g/mol. The fourth-order valence-corrected chi connectivity index (χ4v) is 4.04. The smallest absolute Gasteiger partial charge is 0.336 e. The van der Waals surface area contributed by atoms with Crippen LogP contribution in [0.4, 0.5) is 0 Å². The standard InChI is InChI=1S/C21H27NO3/c1-14-8-6-7-11-17(14)18-12-19(23)22-15(2)20(18)21(24)25-13-16-9-4-3-5-10-16/h6-8,11,16,18H,3-5,9-10,12-13H2,1-2H3,(H,22,23)/t18-/m1/s1. The van der Waals surface area contributed by atoms with Crippen molar-refractivity contribution in [1.82, 2.24) is 5.32 Å². The van der Waals surface area contributed by atoms with Gasteiger partial charge in [-0.3, -0.25) is 4.79 Å². The Labute approximate surface area is 149 Å². The van der Waals surface area contributed by atoms with Crippen LogP contribution in [0.15, 0.2) is 35.5 Å². The molecule has 0 radical (unpaired) electrons. The Kier molecular flexibility index (Phi) is 5.57. The highest BCUT2D eigenvalue weighted by Gasteiger charge is 2.33. The molecule has 1 amide bonds. The molecule has 4 nitrogen and oxygen atoms in total. The molecule has 1 aromatic rings. The molecule has 0 saturated heterocycles. The van der Waals surface area contributed by atoms with Gasteiger partial charge in [0.15, 0.2) is 0 Å².